The van der Waals surface area contributed by atoms with E-state index >= 15 is 0 Å². The van der Waals surface area contributed by atoms with Crippen LogP contribution in [-0.4, -0.2) is 51.5 Å². The number of carbonyl (C=O) groups excluding carboxylic acids is 2. The molecule has 1 saturated heterocycles. The molecule has 0 bridgehead atoms. The van der Waals surface area contributed by atoms with Gasteiger partial charge in [0.15, 0.2) is 11.5 Å². The molecule has 2 aromatic heterocycles. The molecule has 1 fully saturated rings. The summed E-state index contributed by atoms with van der Waals surface area (Å²) in [5.74, 6) is 0.709. The van der Waals surface area contributed by atoms with Crippen molar-refractivity contribution in [1.82, 2.24) is 25.4 Å². The third kappa shape index (κ3) is 4.37. The number of nitrogens with zero attached hydrogens (tertiary/aromatic N) is 3. The van der Waals surface area contributed by atoms with E-state index in [1.54, 1.807) is 4.90 Å². The number of hydrogen-bond donors (Lipinski definition) is 3. The van der Waals surface area contributed by atoms with Gasteiger partial charge in [0, 0.05) is 38.2 Å². The molecule has 2 amide bonds. The van der Waals surface area contributed by atoms with Crippen molar-refractivity contribution in [2.75, 3.05) is 25.0 Å². The van der Waals surface area contributed by atoms with Gasteiger partial charge in [-0.25, -0.2) is 4.98 Å². The number of carbonyl (C=O) groups is 2. The van der Waals surface area contributed by atoms with Crippen molar-refractivity contribution < 1.29 is 9.59 Å². The highest BCUT2D eigenvalue weighted by Gasteiger charge is 2.28. The van der Waals surface area contributed by atoms with Crippen LogP contribution in [0.3, 0.4) is 0 Å². The molecule has 1 aromatic carbocycles. The fraction of sp³-hybridized carbons (Fsp3) is 0.333. The number of aromatic amines is 1. The second-order valence-corrected chi connectivity index (χ2v) is 7.28. The van der Waals surface area contributed by atoms with Crippen LogP contribution in [0.4, 0.5) is 5.82 Å². The molecule has 4 rings (SSSR count). The fourth-order valence-corrected chi connectivity index (χ4v) is 3.60. The Morgan fingerprint density at radius 3 is 2.83 bits per heavy atom. The van der Waals surface area contributed by atoms with Gasteiger partial charge in [-0.2, -0.15) is 5.10 Å². The van der Waals surface area contributed by atoms with Crippen LogP contribution in [-0.2, 0) is 16.1 Å². The van der Waals surface area contributed by atoms with E-state index in [9.17, 15) is 9.59 Å². The lowest BCUT2D eigenvalue weighted by molar-refractivity contribution is -0.131. The highest BCUT2D eigenvalue weighted by atomic mass is 16.2. The third-order valence-electron chi connectivity index (χ3n) is 5.20. The first-order valence-electron chi connectivity index (χ1n) is 9.75. The van der Waals surface area contributed by atoms with E-state index in [0.717, 1.165) is 29.0 Å². The monoisotopic (exact) mass is 392 g/mol. The molecular formula is C21H24N6O2. The smallest absolute Gasteiger partial charge is 0.241 e. The number of rotatable bonds is 6. The van der Waals surface area contributed by atoms with E-state index in [1.807, 2.05) is 30.3 Å². The van der Waals surface area contributed by atoms with Gasteiger partial charge in [0.1, 0.15) is 0 Å². The number of likely N-dealkylation sites (tertiary alicyclic amines) is 1. The lowest BCUT2D eigenvalue weighted by atomic mass is 10.0. The Bertz CT molecular complexity index is 1020. The summed E-state index contributed by atoms with van der Waals surface area (Å²) in [6.45, 7) is 3.44. The summed E-state index contributed by atoms with van der Waals surface area (Å²) in [5, 5.41) is 14.2. The Labute approximate surface area is 168 Å². The molecule has 0 radical (unpaired) electrons. The summed E-state index contributed by atoms with van der Waals surface area (Å²) >= 11 is 0. The molecular weight excluding hydrogens is 368 g/mol. The first kappa shape index (κ1) is 18.9. The van der Waals surface area contributed by atoms with Crippen LogP contribution in [0.2, 0.25) is 0 Å². The average molecular weight is 392 g/mol. The minimum Gasteiger partial charge on any atom is -0.364 e. The number of anilines is 1. The minimum absolute atomic E-state index is 0.0471. The molecule has 3 heterocycles. The number of benzene rings is 1. The van der Waals surface area contributed by atoms with Gasteiger partial charge >= 0.3 is 0 Å². The number of fused-ring (bicyclic) bond motifs is 1. The second kappa shape index (κ2) is 8.30. The van der Waals surface area contributed by atoms with Crippen LogP contribution in [0.15, 0.2) is 42.5 Å². The minimum atomic E-state index is -0.197. The zero-order valence-corrected chi connectivity index (χ0v) is 16.3. The zero-order chi connectivity index (χ0) is 20.2. The van der Waals surface area contributed by atoms with Gasteiger partial charge in [0.05, 0.1) is 11.9 Å². The number of nitrogens with one attached hydrogen (secondary N) is 3. The maximum Gasteiger partial charge on any atom is 0.241 e. The molecule has 1 aliphatic rings. The van der Waals surface area contributed by atoms with Crippen LogP contribution >= 0.6 is 0 Å². The molecule has 3 N–H and O–H groups in total. The summed E-state index contributed by atoms with van der Waals surface area (Å²) in [4.78, 5) is 29.7. The third-order valence-corrected chi connectivity index (χ3v) is 5.20. The largest absolute Gasteiger partial charge is 0.364 e. The molecule has 1 aliphatic heterocycles. The fourth-order valence-electron chi connectivity index (χ4n) is 3.60. The number of H-pyrrole nitrogens is 1. The summed E-state index contributed by atoms with van der Waals surface area (Å²) in [6.07, 6.45) is 0.859. The Morgan fingerprint density at radius 1 is 1.21 bits per heavy atom. The van der Waals surface area contributed by atoms with Gasteiger partial charge in [0.2, 0.25) is 11.8 Å². The molecule has 3 aromatic rings. The topological polar surface area (TPSA) is 103 Å². The lowest BCUT2D eigenvalue weighted by Gasteiger charge is -2.16. The van der Waals surface area contributed by atoms with Crippen LogP contribution < -0.4 is 10.6 Å². The quantitative estimate of drug-likeness (QED) is 0.596. The van der Waals surface area contributed by atoms with Crippen molar-refractivity contribution in [3.63, 3.8) is 0 Å². The average Bonchev–Trinajstić information content (AvgIpc) is 3.38. The van der Waals surface area contributed by atoms with Crippen molar-refractivity contribution in [1.29, 1.82) is 0 Å². The predicted octanol–water partition coefficient (Wildman–Crippen LogP) is 2.02. The Hall–Kier alpha value is -3.42. The number of hydrogen-bond acceptors (Lipinski definition) is 5. The van der Waals surface area contributed by atoms with E-state index in [4.69, 9.17) is 4.98 Å². The van der Waals surface area contributed by atoms with Gasteiger partial charge in [-0.1, -0.05) is 30.3 Å². The van der Waals surface area contributed by atoms with E-state index in [2.05, 4.69) is 33.0 Å². The van der Waals surface area contributed by atoms with Crippen LogP contribution in [0, 0.1) is 0 Å². The molecule has 0 spiro atoms. The summed E-state index contributed by atoms with van der Waals surface area (Å²) < 4.78 is 0. The van der Waals surface area contributed by atoms with Crippen molar-refractivity contribution in [3.05, 3.63) is 53.7 Å². The molecule has 29 heavy (non-hydrogen) atoms. The summed E-state index contributed by atoms with van der Waals surface area (Å²) in [5.41, 5.74) is 2.87. The molecule has 150 valence electrons. The Balaban J connectivity index is 1.41. The molecule has 0 saturated carbocycles. The van der Waals surface area contributed by atoms with Crippen LogP contribution in [0.1, 0.15) is 30.5 Å². The number of aromatic nitrogens is 3. The first-order valence-corrected chi connectivity index (χ1v) is 9.75. The second-order valence-electron chi connectivity index (χ2n) is 7.28. The van der Waals surface area contributed by atoms with E-state index in [1.165, 1.54) is 12.5 Å². The van der Waals surface area contributed by atoms with Gasteiger partial charge in [-0.15, -0.1) is 0 Å². The maximum atomic E-state index is 12.2. The molecule has 8 heteroatoms. The predicted molar refractivity (Wildman–Crippen MR) is 110 cm³/mol. The van der Waals surface area contributed by atoms with Crippen molar-refractivity contribution in [2.24, 2.45) is 0 Å². The normalized spacial score (nSPS) is 16.2. The molecule has 0 aliphatic carbocycles. The first-order chi connectivity index (χ1) is 14.1. The number of pyridine rings is 1. The van der Waals surface area contributed by atoms with Crippen molar-refractivity contribution in [2.45, 2.75) is 25.8 Å². The van der Waals surface area contributed by atoms with Gasteiger partial charge < -0.3 is 15.5 Å². The Kier molecular flexibility index (Phi) is 5.41. The van der Waals surface area contributed by atoms with Gasteiger partial charge in [-0.05, 0) is 24.1 Å². The number of amides is 2. The van der Waals surface area contributed by atoms with E-state index < -0.39 is 0 Å². The van der Waals surface area contributed by atoms with Crippen molar-refractivity contribution in [3.8, 4) is 0 Å². The zero-order valence-electron chi connectivity index (χ0n) is 16.3. The van der Waals surface area contributed by atoms with Gasteiger partial charge in [-0.3, -0.25) is 14.7 Å². The lowest BCUT2D eigenvalue weighted by Crippen LogP contribution is -2.38. The van der Waals surface area contributed by atoms with Gasteiger partial charge in [0.25, 0.3) is 0 Å². The van der Waals surface area contributed by atoms with E-state index in [-0.39, 0.29) is 24.3 Å². The highest BCUT2D eigenvalue weighted by molar-refractivity contribution is 5.87. The summed E-state index contributed by atoms with van der Waals surface area (Å²) in [7, 11) is 0. The molecule has 0 unspecified atom stereocenters. The maximum absolute atomic E-state index is 12.2. The SMILES string of the molecule is CC(=O)NCC(=O)N1CC[C@H](c2ccc3c(NCc4ccccc4)n[nH]c3n2)C1. The van der Waals surface area contributed by atoms with Crippen molar-refractivity contribution >= 4 is 28.7 Å². The standard InChI is InChI=1S/C21H24N6O2/c1-14(28)22-12-19(29)27-10-9-16(13-27)18-8-7-17-20(25-26-21(17)24-18)23-11-15-5-3-2-4-6-15/h2-8,16H,9-13H2,1H3,(H,22,28)(H2,23,24,25,26)/t16-/m0/s1. The van der Waals surface area contributed by atoms with Crippen LogP contribution in [0.5, 0.6) is 0 Å². The molecule has 1 atom stereocenters. The van der Waals surface area contributed by atoms with Crippen LogP contribution in [0.25, 0.3) is 11.0 Å². The van der Waals surface area contributed by atoms with E-state index in [0.29, 0.717) is 19.6 Å². The Morgan fingerprint density at radius 2 is 2.03 bits per heavy atom. The highest BCUT2D eigenvalue weighted by Crippen LogP contribution is 2.28. The molecule has 8 nitrogen and oxygen atoms in total. The summed E-state index contributed by atoms with van der Waals surface area (Å²) in [6, 6.07) is 14.2.